The number of carbonyl (C=O) groups excluding carboxylic acids is 2. The van der Waals surface area contributed by atoms with Gasteiger partial charge in [0.15, 0.2) is 5.78 Å². The minimum Gasteiger partial charge on any atom is -0.366 e. The van der Waals surface area contributed by atoms with Crippen LogP contribution in [0.1, 0.15) is 23.7 Å². The van der Waals surface area contributed by atoms with E-state index in [-0.39, 0.29) is 23.5 Å². The third-order valence-electron chi connectivity index (χ3n) is 4.75. The summed E-state index contributed by atoms with van der Waals surface area (Å²) in [5.74, 6) is 1.75. The highest BCUT2D eigenvalue weighted by molar-refractivity contribution is 7.99. The smallest absolute Gasteiger partial charge is 0.224 e. The van der Waals surface area contributed by atoms with E-state index in [0.29, 0.717) is 43.9 Å². The summed E-state index contributed by atoms with van der Waals surface area (Å²) in [7, 11) is 0. The molecule has 2 aliphatic rings. The first kappa shape index (κ1) is 18.2. The van der Waals surface area contributed by atoms with Crippen molar-refractivity contribution in [1.82, 2.24) is 10.2 Å². The molecule has 0 spiro atoms. The van der Waals surface area contributed by atoms with Crippen LogP contribution in [-0.4, -0.2) is 66.9 Å². The predicted octanol–water partition coefficient (Wildman–Crippen LogP) is 1.77. The van der Waals surface area contributed by atoms with Crippen LogP contribution < -0.4 is 10.2 Å². The fourth-order valence-electron chi connectivity index (χ4n) is 3.27. The lowest BCUT2D eigenvalue weighted by atomic mass is 10.1. The Morgan fingerprint density at radius 1 is 1.28 bits per heavy atom. The van der Waals surface area contributed by atoms with Gasteiger partial charge in [-0.25, -0.2) is 4.39 Å². The minimum atomic E-state index is -0.379. The third kappa shape index (κ3) is 4.52. The molecule has 25 heavy (non-hydrogen) atoms. The second-order valence-electron chi connectivity index (χ2n) is 6.52. The summed E-state index contributed by atoms with van der Waals surface area (Å²) in [6, 6.07) is 4.87. The number of hydrogen-bond donors (Lipinski definition) is 1. The summed E-state index contributed by atoms with van der Waals surface area (Å²) in [6.45, 7) is 4.81. The number of thioether (sulfide) groups is 1. The largest absolute Gasteiger partial charge is 0.366 e. The first-order valence-corrected chi connectivity index (χ1v) is 9.84. The number of Topliss-reactive ketones (excluding diaryl/α,β-unsaturated/α-hetero) is 1. The number of ketones is 1. The molecule has 1 aromatic rings. The Labute approximate surface area is 151 Å². The molecule has 0 aromatic heterocycles. The van der Waals surface area contributed by atoms with Crippen LogP contribution in [0.3, 0.4) is 0 Å². The first-order chi connectivity index (χ1) is 12.0. The van der Waals surface area contributed by atoms with Gasteiger partial charge in [0.25, 0.3) is 0 Å². The first-order valence-electron chi connectivity index (χ1n) is 8.69. The number of rotatable bonds is 4. The number of nitrogens with one attached hydrogen (secondary N) is 1. The van der Waals surface area contributed by atoms with Gasteiger partial charge in [-0.3, -0.25) is 9.59 Å². The van der Waals surface area contributed by atoms with E-state index in [9.17, 15) is 14.0 Å². The van der Waals surface area contributed by atoms with Gasteiger partial charge in [0.2, 0.25) is 5.91 Å². The predicted molar refractivity (Wildman–Crippen MR) is 98.9 cm³/mol. The Hall–Kier alpha value is -1.60. The number of amides is 1. The molecule has 1 unspecified atom stereocenters. The zero-order chi connectivity index (χ0) is 17.8. The SMILES string of the molecule is CC(=O)c1ccc(N2CCN(C(=O)CC3CSCCN3)CC2)c(F)c1. The molecule has 1 amide bonds. The summed E-state index contributed by atoms with van der Waals surface area (Å²) < 4.78 is 14.3. The van der Waals surface area contributed by atoms with Gasteiger partial charge in [0, 0.05) is 62.3 Å². The molecule has 2 fully saturated rings. The number of halogens is 1. The van der Waals surface area contributed by atoms with Crippen molar-refractivity contribution < 1.29 is 14.0 Å². The van der Waals surface area contributed by atoms with Gasteiger partial charge in [-0.1, -0.05) is 0 Å². The Bertz CT molecular complexity index is 641. The van der Waals surface area contributed by atoms with Crippen LogP contribution in [0, 0.1) is 5.82 Å². The maximum Gasteiger partial charge on any atom is 0.224 e. The summed E-state index contributed by atoms with van der Waals surface area (Å²) in [5, 5.41) is 3.39. The molecule has 1 atom stereocenters. The average molecular weight is 365 g/mol. The number of hydrogen-bond acceptors (Lipinski definition) is 5. The Morgan fingerprint density at radius 2 is 2.04 bits per heavy atom. The highest BCUT2D eigenvalue weighted by Crippen LogP contribution is 2.22. The molecular formula is C18H24FN3O2S. The molecule has 0 aliphatic carbocycles. The molecule has 0 radical (unpaired) electrons. The van der Waals surface area contributed by atoms with Crippen molar-refractivity contribution in [3.63, 3.8) is 0 Å². The average Bonchev–Trinajstić information content (AvgIpc) is 2.62. The van der Waals surface area contributed by atoms with Crippen LogP contribution in [-0.2, 0) is 4.79 Å². The van der Waals surface area contributed by atoms with Crippen LogP contribution in [0.25, 0.3) is 0 Å². The Balaban J connectivity index is 1.54. The second kappa shape index (κ2) is 8.19. The molecule has 3 rings (SSSR count). The highest BCUT2D eigenvalue weighted by atomic mass is 32.2. The van der Waals surface area contributed by atoms with Gasteiger partial charge in [-0.2, -0.15) is 11.8 Å². The molecule has 2 heterocycles. The maximum absolute atomic E-state index is 14.3. The number of nitrogens with zero attached hydrogens (tertiary/aromatic N) is 2. The monoisotopic (exact) mass is 365 g/mol. The van der Waals surface area contributed by atoms with E-state index in [0.717, 1.165) is 18.1 Å². The molecular weight excluding hydrogens is 341 g/mol. The normalized spacial score (nSPS) is 21.3. The fourth-order valence-corrected chi connectivity index (χ4v) is 4.22. The number of benzene rings is 1. The summed E-state index contributed by atoms with van der Waals surface area (Å²) in [6.07, 6.45) is 0.536. The van der Waals surface area contributed by atoms with Crippen LogP contribution in [0.2, 0.25) is 0 Å². The molecule has 1 aromatic carbocycles. The quantitative estimate of drug-likeness (QED) is 0.825. The number of piperazine rings is 1. The molecule has 1 N–H and O–H groups in total. The molecule has 2 aliphatic heterocycles. The van der Waals surface area contributed by atoms with Crippen LogP contribution in [0.15, 0.2) is 18.2 Å². The van der Waals surface area contributed by atoms with E-state index >= 15 is 0 Å². The number of anilines is 1. The van der Waals surface area contributed by atoms with Crippen molar-refractivity contribution >= 4 is 29.1 Å². The zero-order valence-corrected chi connectivity index (χ0v) is 15.3. The van der Waals surface area contributed by atoms with E-state index in [1.807, 2.05) is 21.6 Å². The van der Waals surface area contributed by atoms with E-state index in [1.54, 1.807) is 12.1 Å². The fraction of sp³-hybridized carbons (Fsp3) is 0.556. The lowest BCUT2D eigenvalue weighted by Gasteiger charge is -2.37. The van der Waals surface area contributed by atoms with Gasteiger partial charge in [0.1, 0.15) is 5.82 Å². The van der Waals surface area contributed by atoms with E-state index in [2.05, 4.69) is 5.32 Å². The lowest BCUT2D eigenvalue weighted by molar-refractivity contribution is -0.131. The summed E-state index contributed by atoms with van der Waals surface area (Å²) in [4.78, 5) is 27.6. The van der Waals surface area contributed by atoms with Crippen LogP contribution in [0.4, 0.5) is 10.1 Å². The molecule has 7 heteroatoms. The molecule has 2 saturated heterocycles. The van der Waals surface area contributed by atoms with E-state index in [4.69, 9.17) is 0 Å². The standard InChI is InChI=1S/C18H24FN3O2S/c1-13(23)14-2-3-17(16(19)10-14)21-5-7-22(8-6-21)18(24)11-15-12-25-9-4-20-15/h2-3,10,15,20H,4-9,11-12H2,1H3. The third-order valence-corrected chi connectivity index (χ3v) is 5.88. The lowest BCUT2D eigenvalue weighted by Crippen LogP contribution is -2.51. The zero-order valence-electron chi connectivity index (χ0n) is 14.5. The Kier molecular flexibility index (Phi) is 5.96. The van der Waals surface area contributed by atoms with Gasteiger partial charge in [0.05, 0.1) is 5.69 Å². The van der Waals surface area contributed by atoms with Crippen LogP contribution >= 0.6 is 11.8 Å². The highest BCUT2D eigenvalue weighted by Gasteiger charge is 2.25. The van der Waals surface area contributed by atoms with Gasteiger partial charge >= 0.3 is 0 Å². The van der Waals surface area contributed by atoms with Crippen molar-refractivity contribution in [2.24, 2.45) is 0 Å². The molecule has 136 valence electrons. The van der Waals surface area contributed by atoms with E-state index < -0.39 is 0 Å². The van der Waals surface area contributed by atoms with Crippen molar-refractivity contribution in [3.05, 3.63) is 29.6 Å². The topological polar surface area (TPSA) is 52.7 Å². The van der Waals surface area contributed by atoms with Crippen molar-refractivity contribution in [2.45, 2.75) is 19.4 Å². The van der Waals surface area contributed by atoms with Crippen LogP contribution in [0.5, 0.6) is 0 Å². The van der Waals surface area contributed by atoms with Crippen molar-refractivity contribution in [1.29, 1.82) is 0 Å². The summed E-state index contributed by atoms with van der Waals surface area (Å²) in [5.41, 5.74) is 0.885. The second-order valence-corrected chi connectivity index (χ2v) is 7.67. The molecule has 0 bridgehead atoms. The van der Waals surface area contributed by atoms with Gasteiger partial charge in [-0.05, 0) is 25.1 Å². The maximum atomic E-state index is 14.3. The molecule has 0 saturated carbocycles. The minimum absolute atomic E-state index is 0.143. The van der Waals surface area contributed by atoms with Gasteiger partial charge in [-0.15, -0.1) is 0 Å². The van der Waals surface area contributed by atoms with E-state index in [1.165, 1.54) is 13.0 Å². The van der Waals surface area contributed by atoms with Crippen molar-refractivity contribution in [3.8, 4) is 0 Å². The van der Waals surface area contributed by atoms with Crippen molar-refractivity contribution in [2.75, 3.05) is 49.1 Å². The summed E-state index contributed by atoms with van der Waals surface area (Å²) >= 11 is 1.89. The number of carbonyl (C=O) groups is 2. The Morgan fingerprint density at radius 3 is 2.64 bits per heavy atom. The van der Waals surface area contributed by atoms with Gasteiger partial charge < -0.3 is 15.1 Å². The molecule has 5 nitrogen and oxygen atoms in total.